The summed E-state index contributed by atoms with van der Waals surface area (Å²) >= 11 is 6.40. The molecular formula is C25H26ClN5O4S. The van der Waals surface area contributed by atoms with Gasteiger partial charge in [0.25, 0.3) is 11.5 Å². The van der Waals surface area contributed by atoms with Crippen molar-refractivity contribution in [2.24, 2.45) is 11.4 Å². The summed E-state index contributed by atoms with van der Waals surface area (Å²) in [5.74, 6) is 0.318. The maximum Gasteiger partial charge on any atom is 0.274 e. The van der Waals surface area contributed by atoms with Gasteiger partial charge in [0.05, 0.1) is 16.9 Å². The first-order valence-corrected chi connectivity index (χ1v) is 13.8. The van der Waals surface area contributed by atoms with Gasteiger partial charge in [-0.1, -0.05) is 23.7 Å². The van der Waals surface area contributed by atoms with Crippen molar-refractivity contribution < 1.29 is 13.7 Å². The maximum atomic E-state index is 12.9. The molecule has 0 aliphatic carbocycles. The standard InChI is InChI=1S/C25H26ClN5O4S/c1-6-27-23(32)20-11-16-18(13-31(3)25(33)21(16)29-20)17-10-15(30-36(4,5)34)12-28-24(17)35-22-14(2)8-7-9-19(22)26/h7-13,29H,6H2,1-5H3,(H,27,32). The molecule has 3 aromatic heterocycles. The molecule has 2 N–H and O–H groups in total. The Morgan fingerprint density at radius 1 is 1.28 bits per heavy atom. The van der Waals surface area contributed by atoms with Crippen LogP contribution in [0.25, 0.3) is 22.0 Å². The highest BCUT2D eigenvalue weighted by molar-refractivity contribution is 7.92. The van der Waals surface area contributed by atoms with Gasteiger partial charge in [0.1, 0.15) is 11.2 Å². The zero-order chi connectivity index (χ0) is 26.2. The molecule has 0 bridgehead atoms. The van der Waals surface area contributed by atoms with Crippen molar-refractivity contribution in [3.05, 3.63) is 69.4 Å². The van der Waals surface area contributed by atoms with Gasteiger partial charge in [-0.05, 0) is 37.6 Å². The molecule has 4 rings (SSSR count). The summed E-state index contributed by atoms with van der Waals surface area (Å²) in [4.78, 5) is 32.8. The highest BCUT2D eigenvalue weighted by Crippen LogP contribution is 2.40. The summed E-state index contributed by atoms with van der Waals surface area (Å²) in [5, 5.41) is 3.65. The minimum Gasteiger partial charge on any atom is -0.437 e. The smallest absolute Gasteiger partial charge is 0.274 e. The largest absolute Gasteiger partial charge is 0.437 e. The number of benzene rings is 1. The average molecular weight is 528 g/mol. The average Bonchev–Trinajstić information content (AvgIpc) is 3.25. The molecule has 0 spiro atoms. The first kappa shape index (κ1) is 25.5. The minimum absolute atomic E-state index is 0.213. The Morgan fingerprint density at radius 3 is 2.69 bits per heavy atom. The van der Waals surface area contributed by atoms with Crippen LogP contribution in [0, 0.1) is 6.92 Å². The highest BCUT2D eigenvalue weighted by atomic mass is 35.5. The fourth-order valence-corrected chi connectivity index (χ4v) is 4.66. The van der Waals surface area contributed by atoms with E-state index in [0.717, 1.165) is 5.56 Å². The lowest BCUT2D eigenvalue weighted by atomic mass is 10.0. The van der Waals surface area contributed by atoms with Gasteiger partial charge in [0, 0.05) is 58.5 Å². The van der Waals surface area contributed by atoms with E-state index in [-0.39, 0.29) is 28.6 Å². The third-order valence-electron chi connectivity index (χ3n) is 5.36. The fourth-order valence-electron chi connectivity index (χ4n) is 3.79. The molecular weight excluding hydrogens is 502 g/mol. The summed E-state index contributed by atoms with van der Waals surface area (Å²) in [6, 6.07) is 8.71. The van der Waals surface area contributed by atoms with Crippen LogP contribution >= 0.6 is 11.6 Å². The van der Waals surface area contributed by atoms with Gasteiger partial charge < -0.3 is 19.6 Å². The Morgan fingerprint density at radius 2 is 2.03 bits per heavy atom. The molecule has 3 heterocycles. The Labute approximate surface area is 213 Å². The van der Waals surface area contributed by atoms with E-state index in [4.69, 9.17) is 16.3 Å². The maximum absolute atomic E-state index is 12.9. The molecule has 4 aromatic rings. The van der Waals surface area contributed by atoms with Gasteiger partial charge in [-0.2, -0.15) is 4.36 Å². The van der Waals surface area contributed by atoms with Crippen LogP contribution in [0.5, 0.6) is 11.6 Å². The molecule has 0 unspecified atom stereocenters. The molecule has 188 valence electrons. The number of carbonyl (C=O) groups excluding carboxylic acids is 1. The van der Waals surface area contributed by atoms with Crippen LogP contribution in [-0.2, 0) is 16.8 Å². The minimum atomic E-state index is -2.47. The second kappa shape index (κ2) is 9.79. The summed E-state index contributed by atoms with van der Waals surface area (Å²) in [6.07, 6.45) is 6.16. The van der Waals surface area contributed by atoms with Crippen LogP contribution in [0.2, 0.25) is 5.02 Å². The number of hydrogen-bond acceptors (Lipinski definition) is 6. The molecule has 9 nitrogen and oxygen atoms in total. The highest BCUT2D eigenvalue weighted by Gasteiger charge is 2.21. The van der Waals surface area contributed by atoms with Crippen molar-refractivity contribution in [2.75, 3.05) is 19.1 Å². The van der Waals surface area contributed by atoms with Gasteiger partial charge in [0.2, 0.25) is 5.88 Å². The van der Waals surface area contributed by atoms with E-state index in [0.29, 0.717) is 39.5 Å². The van der Waals surface area contributed by atoms with Crippen LogP contribution in [0.15, 0.2) is 51.9 Å². The van der Waals surface area contributed by atoms with E-state index in [1.165, 1.54) is 23.3 Å². The van der Waals surface area contributed by atoms with E-state index in [1.807, 2.05) is 26.0 Å². The quantitative estimate of drug-likeness (QED) is 0.373. The number of para-hydroxylation sites is 1. The van der Waals surface area contributed by atoms with Crippen molar-refractivity contribution in [1.29, 1.82) is 0 Å². The summed E-state index contributed by atoms with van der Waals surface area (Å²) in [7, 11) is -0.859. The number of carbonyl (C=O) groups is 1. The number of rotatable bonds is 6. The van der Waals surface area contributed by atoms with E-state index >= 15 is 0 Å². The monoisotopic (exact) mass is 527 g/mol. The van der Waals surface area contributed by atoms with E-state index in [1.54, 1.807) is 31.4 Å². The molecule has 0 radical (unpaired) electrons. The van der Waals surface area contributed by atoms with Gasteiger partial charge in [0.15, 0.2) is 5.75 Å². The van der Waals surface area contributed by atoms with Crippen LogP contribution < -0.4 is 15.6 Å². The third kappa shape index (κ3) is 5.14. The van der Waals surface area contributed by atoms with Crippen molar-refractivity contribution >= 4 is 43.8 Å². The second-order valence-corrected chi connectivity index (χ2v) is 11.5. The van der Waals surface area contributed by atoms with Crippen molar-refractivity contribution in [3.8, 4) is 22.8 Å². The molecule has 0 saturated heterocycles. The van der Waals surface area contributed by atoms with Crippen LogP contribution in [-0.4, -0.2) is 43.7 Å². The number of pyridine rings is 2. The first-order chi connectivity index (χ1) is 17.0. The van der Waals surface area contributed by atoms with E-state index in [9.17, 15) is 13.8 Å². The van der Waals surface area contributed by atoms with E-state index in [2.05, 4.69) is 19.6 Å². The number of fused-ring (bicyclic) bond motifs is 1. The van der Waals surface area contributed by atoms with Crippen LogP contribution in [0.3, 0.4) is 0 Å². The fraction of sp³-hybridized carbons (Fsp3) is 0.240. The van der Waals surface area contributed by atoms with Crippen molar-refractivity contribution in [3.63, 3.8) is 0 Å². The molecule has 0 fully saturated rings. The normalized spacial score (nSPS) is 11.5. The molecule has 36 heavy (non-hydrogen) atoms. The van der Waals surface area contributed by atoms with E-state index < -0.39 is 9.73 Å². The van der Waals surface area contributed by atoms with Crippen molar-refractivity contribution in [1.82, 2.24) is 19.9 Å². The predicted octanol–water partition coefficient (Wildman–Crippen LogP) is 4.79. The SMILES string of the molecule is CCNC(=O)c1cc2c(-c3cc(N=S(C)(C)=O)cnc3Oc3c(C)cccc3Cl)cn(C)c(=O)c2[nH]1. The van der Waals surface area contributed by atoms with Crippen molar-refractivity contribution in [2.45, 2.75) is 13.8 Å². The van der Waals surface area contributed by atoms with Gasteiger partial charge >= 0.3 is 0 Å². The Balaban J connectivity index is 2.02. The van der Waals surface area contributed by atoms with Gasteiger partial charge in [-0.15, -0.1) is 0 Å². The molecule has 0 saturated carbocycles. The molecule has 0 atom stereocenters. The zero-order valence-corrected chi connectivity index (χ0v) is 22.1. The van der Waals surface area contributed by atoms with Gasteiger partial charge in [-0.3, -0.25) is 9.59 Å². The molecule has 11 heteroatoms. The lowest BCUT2D eigenvalue weighted by Crippen LogP contribution is -2.23. The second-order valence-electron chi connectivity index (χ2n) is 8.60. The number of nitrogens with one attached hydrogen (secondary N) is 2. The summed E-state index contributed by atoms with van der Waals surface area (Å²) < 4.78 is 24.3. The van der Waals surface area contributed by atoms with Crippen LogP contribution in [0.1, 0.15) is 23.0 Å². The Bertz CT molecular complexity index is 1650. The molecule has 1 amide bonds. The predicted molar refractivity (Wildman–Crippen MR) is 143 cm³/mol. The lowest BCUT2D eigenvalue weighted by Gasteiger charge is -2.15. The number of H-pyrrole nitrogens is 1. The number of amides is 1. The van der Waals surface area contributed by atoms with Gasteiger partial charge in [-0.25, -0.2) is 9.19 Å². The molecule has 1 aromatic carbocycles. The Kier molecular flexibility index (Phi) is 6.92. The third-order valence-corrected chi connectivity index (χ3v) is 6.31. The lowest BCUT2D eigenvalue weighted by molar-refractivity contribution is 0.0951. The molecule has 0 aliphatic rings. The number of halogens is 1. The number of aromatic amines is 1. The number of aromatic nitrogens is 3. The summed E-state index contributed by atoms with van der Waals surface area (Å²) in [6.45, 7) is 4.11. The number of ether oxygens (including phenoxy) is 1. The number of nitrogens with zero attached hydrogens (tertiary/aromatic N) is 3. The first-order valence-electron chi connectivity index (χ1n) is 11.1. The number of aryl methyl sites for hydroxylation is 2. The topological polar surface area (TPSA) is 118 Å². The number of hydrogen-bond donors (Lipinski definition) is 2. The zero-order valence-electron chi connectivity index (χ0n) is 20.5. The Hall–Kier alpha value is -3.63. The summed E-state index contributed by atoms with van der Waals surface area (Å²) in [5.41, 5.74) is 2.45. The molecule has 0 aliphatic heterocycles. The van der Waals surface area contributed by atoms with Crippen LogP contribution in [0.4, 0.5) is 5.69 Å².